The van der Waals surface area contributed by atoms with Crippen LogP contribution in [0.5, 0.6) is 0 Å². The summed E-state index contributed by atoms with van der Waals surface area (Å²) in [6.07, 6.45) is -3.55. The number of aliphatic hydroxyl groups is 3. The molecule has 0 unspecified atom stereocenters. The molecule has 186 valence electrons. The zero-order valence-corrected chi connectivity index (χ0v) is 18.7. The van der Waals surface area contributed by atoms with Crippen molar-refractivity contribution in [3.63, 3.8) is 0 Å². The fraction of sp³-hybridized carbons (Fsp3) is 0.900. The van der Waals surface area contributed by atoms with E-state index in [-0.39, 0.29) is 13.2 Å². The van der Waals surface area contributed by atoms with Gasteiger partial charge in [0.1, 0.15) is 35.8 Å². The van der Waals surface area contributed by atoms with Gasteiger partial charge in [0.25, 0.3) is 0 Å². The Hall–Kier alpha value is -0.900. The molecular weight excluding hydrogens is 422 g/mol. The van der Waals surface area contributed by atoms with Crippen LogP contribution < -0.4 is 28.3 Å². The largest absolute Gasteiger partial charge is 0.467 e. The van der Waals surface area contributed by atoms with Gasteiger partial charge in [0, 0.05) is 12.1 Å². The number of nitrogens with one attached hydrogen (secondary N) is 1. The highest BCUT2D eigenvalue weighted by Gasteiger charge is 2.50. The number of ether oxygens (including phenoxy) is 4. The van der Waals surface area contributed by atoms with Crippen LogP contribution in [0.15, 0.2) is 11.8 Å². The predicted octanol–water partition coefficient (Wildman–Crippen LogP) is -3.46. The summed E-state index contributed by atoms with van der Waals surface area (Å²) in [4.78, 5) is 0. The van der Waals surface area contributed by atoms with Crippen LogP contribution >= 0.6 is 0 Å². The molecular formula is C20H39N5O7. The Morgan fingerprint density at radius 2 is 1.72 bits per heavy atom. The molecule has 0 aromatic heterocycles. The second-order valence-corrected chi connectivity index (χ2v) is 9.08. The van der Waals surface area contributed by atoms with Crippen molar-refractivity contribution in [3.8, 4) is 0 Å². The van der Waals surface area contributed by atoms with Gasteiger partial charge in [-0.05, 0) is 32.4 Å². The molecule has 1 aliphatic carbocycles. The van der Waals surface area contributed by atoms with Gasteiger partial charge in [0.15, 0.2) is 6.29 Å². The van der Waals surface area contributed by atoms with Crippen LogP contribution in [0.4, 0.5) is 0 Å². The van der Waals surface area contributed by atoms with E-state index in [0.717, 1.165) is 0 Å². The van der Waals surface area contributed by atoms with Crippen LogP contribution in [-0.2, 0) is 18.9 Å². The molecule has 2 aliphatic heterocycles. The number of nitrogens with two attached hydrogens (primary N) is 4. The molecule has 3 rings (SSSR count). The van der Waals surface area contributed by atoms with Gasteiger partial charge < -0.3 is 62.5 Å². The highest BCUT2D eigenvalue weighted by molar-refractivity contribution is 5.04. The lowest BCUT2D eigenvalue weighted by Crippen LogP contribution is -2.69. The quantitative estimate of drug-likeness (QED) is 0.186. The third kappa shape index (κ3) is 5.42. The molecule has 1 saturated heterocycles. The smallest absolute Gasteiger partial charge is 0.215 e. The number of rotatable bonds is 7. The standard InChI is InChI=1S/C20H39N5O7/c1-3-25-17-14(27)19(29-8-20(17,2)28)32-16-12(24)6-11(23)15(13(16)26)31-18-10(22)5-4-9(7-21)30-18/h4,10-19,25-28H,3,5-8,21-24H2,1-2H3/t10-,11+,12+,13+,14+,15-,16-,17+,18+,19+,20-/m0/s1. The van der Waals surface area contributed by atoms with Crippen molar-refractivity contribution < 1.29 is 34.3 Å². The van der Waals surface area contributed by atoms with E-state index in [1.165, 1.54) is 0 Å². The minimum absolute atomic E-state index is 0.0666. The SMILES string of the molecule is CCN[C@@H]1[C@@H](O)[C@@H](O[C@@H]2[C@H](O)[C@@H](O[C@H]3OC(CN)=CC[C@@H]3N)[C@H](N)C[C@H]2N)OC[C@]1(C)O. The monoisotopic (exact) mass is 461 g/mol. The lowest BCUT2D eigenvalue weighted by molar-refractivity contribution is -0.303. The third-order valence-corrected chi connectivity index (χ3v) is 6.33. The summed E-state index contributed by atoms with van der Waals surface area (Å²) in [7, 11) is 0. The topological polar surface area (TPSA) is 214 Å². The molecule has 0 amide bonds. The van der Waals surface area contributed by atoms with Gasteiger partial charge in [-0.1, -0.05) is 6.92 Å². The minimum Gasteiger partial charge on any atom is -0.467 e. The summed E-state index contributed by atoms with van der Waals surface area (Å²) in [6.45, 7) is 4.10. The van der Waals surface area contributed by atoms with Crippen molar-refractivity contribution in [1.82, 2.24) is 5.32 Å². The van der Waals surface area contributed by atoms with Crippen LogP contribution in [0, 0.1) is 0 Å². The van der Waals surface area contributed by atoms with E-state index in [4.69, 9.17) is 41.9 Å². The Bertz CT molecular complexity index is 654. The normalized spacial score (nSPS) is 47.6. The molecule has 1 saturated carbocycles. The summed E-state index contributed by atoms with van der Waals surface area (Å²) in [5, 5.41) is 35.4. The van der Waals surface area contributed by atoms with Gasteiger partial charge >= 0.3 is 0 Å². The van der Waals surface area contributed by atoms with Crippen LogP contribution in [0.2, 0.25) is 0 Å². The molecule has 0 spiro atoms. The predicted molar refractivity (Wildman–Crippen MR) is 115 cm³/mol. The molecule has 0 aromatic rings. The van der Waals surface area contributed by atoms with Gasteiger partial charge in [0.05, 0.1) is 25.2 Å². The zero-order chi connectivity index (χ0) is 23.6. The molecule has 11 atom stereocenters. The zero-order valence-electron chi connectivity index (χ0n) is 18.7. The maximum atomic E-state index is 11.1. The van der Waals surface area contributed by atoms with Crippen LogP contribution in [0.3, 0.4) is 0 Å². The van der Waals surface area contributed by atoms with Gasteiger partial charge in [0.2, 0.25) is 6.29 Å². The number of hydrogen-bond donors (Lipinski definition) is 8. The first kappa shape index (κ1) is 25.7. The summed E-state index contributed by atoms with van der Waals surface area (Å²) in [6, 6.07) is -2.36. The van der Waals surface area contributed by atoms with E-state index in [0.29, 0.717) is 25.1 Å². The molecule has 0 bridgehead atoms. The highest BCUT2D eigenvalue weighted by atomic mass is 16.7. The molecule has 32 heavy (non-hydrogen) atoms. The molecule has 12 heteroatoms. The van der Waals surface area contributed by atoms with Crippen LogP contribution in [0.25, 0.3) is 0 Å². The Morgan fingerprint density at radius 3 is 2.31 bits per heavy atom. The first-order valence-corrected chi connectivity index (χ1v) is 11.2. The average molecular weight is 462 g/mol. The Balaban J connectivity index is 1.69. The first-order chi connectivity index (χ1) is 15.1. The van der Waals surface area contributed by atoms with Crippen LogP contribution in [0.1, 0.15) is 26.7 Å². The summed E-state index contributed by atoms with van der Waals surface area (Å²) in [5.41, 5.74) is 22.9. The lowest BCUT2D eigenvalue weighted by Gasteiger charge is -2.48. The minimum atomic E-state index is -1.29. The van der Waals surface area contributed by atoms with Crippen molar-refractivity contribution >= 4 is 0 Å². The fourth-order valence-electron chi connectivity index (χ4n) is 4.52. The van der Waals surface area contributed by atoms with Crippen molar-refractivity contribution in [1.29, 1.82) is 0 Å². The van der Waals surface area contributed by atoms with E-state index in [9.17, 15) is 15.3 Å². The molecule has 2 heterocycles. The maximum Gasteiger partial charge on any atom is 0.215 e. The van der Waals surface area contributed by atoms with E-state index >= 15 is 0 Å². The van der Waals surface area contributed by atoms with E-state index in [2.05, 4.69) is 5.32 Å². The summed E-state index contributed by atoms with van der Waals surface area (Å²) >= 11 is 0. The van der Waals surface area contributed by atoms with Gasteiger partial charge in [-0.3, -0.25) is 0 Å². The average Bonchev–Trinajstić information content (AvgIpc) is 2.74. The summed E-state index contributed by atoms with van der Waals surface area (Å²) in [5.74, 6) is 0.556. The van der Waals surface area contributed by atoms with Crippen molar-refractivity contribution in [2.45, 2.75) is 93.5 Å². The molecule has 12 nitrogen and oxygen atoms in total. The molecule has 0 radical (unpaired) electrons. The maximum absolute atomic E-state index is 11.1. The molecule has 12 N–H and O–H groups in total. The number of hydrogen-bond acceptors (Lipinski definition) is 12. The molecule has 2 fully saturated rings. The van der Waals surface area contributed by atoms with Crippen molar-refractivity contribution in [2.24, 2.45) is 22.9 Å². The van der Waals surface area contributed by atoms with Crippen molar-refractivity contribution in [2.75, 3.05) is 19.7 Å². The Morgan fingerprint density at radius 1 is 1.09 bits per heavy atom. The Kier molecular flexibility index (Phi) is 8.50. The van der Waals surface area contributed by atoms with Gasteiger partial charge in [-0.15, -0.1) is 0 Å². The summed E-state index contributed by atoms with van der Waals surface area (Å²) < 4.78 is 23.2. The van der Waals surface area contributed by atoms with E-state index in [1.54, 1.807) is 13.0 Å². The number of likely N-dealkylation sites (N-methyl/N-ethyl adjacent to an activating group) is 1. The van der Waals surface area contributed by atoms with Gasteiger partial charge in [-0.25, -0.2) is 0 Å². The second-order valence-electron chi connectivity index (χ2n) is 9.08. The van der Waals surface area contributed by atoms with Crippen LogP contribution in [-0.4, -0.2) is 102 Å². The Labute approximate surface area is 188 Å². The van der Waals surface area contributed by atoms with Gasteiger partial charge in [-0.2, -0.15) is 0 Å². The second kappa shape index (κ2) is 10.6. The number of aliphatic hydroxyl groups excluding tert-OH is 2. The highest BCUT2D eigenvalue weighted by Crippen LogP contribution is 2.31. The lowest BCUT2D eigenvalue weighted by atomic mass is 9.84. The van der Waals surface area contributed by atoms with E-state index in [1.807, 2.05) is 6.92 Å². The molecule has 0 aromatic carbocycles. The first-order valence-electron chi connectivity index (χ1n) is 11.2. The van der Waals surface area contributed by atoms with E-state index < -0.39 is 66.8 Å². The third-order valence-electron chi connectivity index (χ3n) is 6.33. The molecule has 3 aliphatic rings. The van der Waals surface area contributed by atoms with Crippen molar-refractivity contribution in [3.05, 3.63) is 11.8 Å². The fourth-order valence-corrected chi connectivity index (χ4v) is 4.52.